The molecule has 0 aliphatic heterocycles. The maximum Gasteiger partial charge on any atom is 0.0991 e. The van der Waals surface area contributed by atoms with Crippen LogP contribution in [0.25, 0.3) is 0 Å². The van der Waals surface area contributed by atoms with Gasteiger partial charge in [0.1, 0.15) is 0 Å². The molecule has 0 N–H and O–H groups in total. The van der Waals surface area contributed by atoms with E-state index in [4.69, 9.17) is 10.5 Å². The zero-order valence-corrected chi connectivity index (χ0v) is 17.2. The molecule has 2 nitrogen and oxygen atoms in total. The Morgan fingerprint density at radius 2 is 1.36 bits per heavy atom. The number of benzene rings is 1. The van der Waals surface area contributed by atoms with Crippen molar-refractivity contribution in [3.05, 3.63) is 47.5 Å². The highest BCUT2D eigenvalue weighted by atomic mass is 14.3. The first-order valence-corrected chi connectivity index (χ1v) is 11.3. The first-order chi connectivity index (χ1) is 13.8. The van der Waals surface area contributed by atoms with E-state index in [1.54, 1.807) is 6.08 Å². The summed E-state index contributed by atoms with van der Waals surface area (Å²) < 4.78 is 0. The van der Waals surface area contributed by atoms with Crippen LogP contribution in [0.5, 0.6) is 0 Å². The molecular weight excluding hydrogens is 340 g/mol. The SMILES string of the molecule is N#C/C=C/C1CCC(CCCCC2CCC(c3ccc(C#N)cc3)CC2)CC1. The lowest BCUT2D eigenvalue weighted by Gasteiger charge is -2.29. The van der Waals surface area contributed by atoms with Crippen molar-refractivity contribution in [3.63, 3.8) is 0 Å². The molecule has 3 rings (SSSR count). The Balaban J connectivity index is 1.27. The minimum atomic E-state index is 0.655. The summed E-state index contributed by atoms with van der Waals surface area (Å²) in [7, 11) is 0. The molecule has 0 radical (unpaired) electrons. The zero-order valence-electron chi connectivity index (χ0n) is 17.2. The lowest BCUT2D eigenvalue weighted by atomic mass is 9.76. The summed E-state index contributed by atoms with van der Waals surface area (Å²) in [5, 5.41) is 17.6. The van der Waals surface area contributed by atoms with Gasteiger partial charge in [-0.25, -0.2) is 0 Å². The minimum absolute atomic E-state index is 0.655. The van der Waals surface area contributed by atoms with E-state index in [2.05, 4.69) is 30.3 Å². The fourth-order valence-electron chi connectivity index (χ4n) is 5.33. The Labute approximate surface area is 171 Å². The van der Waals surface area contributed by atoms with Gasteiger partial charge in [0, 0.05) is 6.08 Å². The third kappa shape index (κ3) is 6.24. The smallest absolute Gasteiger partial charge is 0.0991 e. The van der Waals surface area contributed by atoms with Crippen LogP contribution in [0.15, 0.2) is 36.4 Å². The molecule has 0 bridgehead atoms. The normalized spacial score (nSPS) is 27.9. The number of hydrogen-bond acceptors (Lipinski definition) is 2. The van der Waals surface area contributed by atoms with Gasteiger partial charge in [0.25, 0.3) is 0 Å². The molecule has 2 aliphatic carbocycles. The van der Waals surface area contributed by atoms with Crippen LogP contribution >= 0.6 is 0 Å². The van der Waals surface area contributed by atoms with Crippen molar-refractivity contribution in [1.29, 1.82) is 10.5 Å². The lowest BCUT2D eigenvalue weighted by Crippen LogP contribution is -2.14. The Kier molecular flexibility index (Phi) is 8.17. The van der Waals surface area contributed by atoms with Crippen LogP contribution in [0.2, 0.25) is 0 Å². The molecule has 0 spiro atoms. The van der Waals surface area contributed by atoms with Crippen LogP contribution in [0.1, 0.15) is 94.1 Å². The Hall–Kier alpha value is -2.06. The van der Waals surface area contributed by atoms with E-state index in [0.717, 1.165) is 17.4 Å². The predicted molar refractivity (Wildman–Crippen MR) is 115 cm³/mol. The van der Waals surface area contributed by atoms with Crippen molar-refractivity contribution in [2.75, 3.05) is 0 Å². The Morgan fingerprint density at radius 1 is 0.786 bits per heavy atom. The summed E-state index contributed by atoms with van der Waals surface area (Å²) in [5.74, 6) is 3.22. The second kappa shape index (κ2) is 11.1. The quantitative estimate of drug-likeness (QED) is 0.372. The first kappa shape index (κ1) is 20.7. The van der Waals surface area contributed by atoms with Crippen molar-refractivity contribution in [1.82, 2.24) is 0 Å². The fraction of sp³-hybridized carbons (Fsp3) is 0.615. The summed E-state index contributed by atoms with van der Waals surface area (Å²) in [4.78, 5) is 0. The molecule has 0 amide bonds. The molecule has 0 unspecified atom stereocenters. The maximum atomic E-state index is 8.94. The van der Waals surface area contributed by atoms with E-state index in [9.17, 15) is 0 Å². The zero-order chi connectivity index (χ0) is 19.6. The minimum Gasteiger partial charge on any atom is -0.193 e. The van der Waals surface area contributed by atoms with Crippen LogP contribution < -0.4 is 0 Å². The number of unbranched alkanes of at least 4 members (excludes halogenated alkanes) is 1. The van der Waals surface area contributed by atoms with E-state index < -0.39 is 0 Å². The van der Waals surface area contributed by atoms with Gasteiger partial charge < -0.3 is 0 Å². The van der Waals surface area contributed by atoms with Gasteiger partial charge in [-0.1, -0.05) is 43.9 Å². The molecule has 0 atom stereocenters. The van der Waals surface area contributed by atoms with E-state index >= 15 is 0 Å². The number of rotatable bonds is 7. The average Bonchev–Trinajstić information content (AvgIpc) is 2.76. The van der Waals surface area contributed by atoms with Crippen molar-refractivity contribution in [3.8, 4) is 12.1 Å². The maximum absolute atomic E-state index is 8.94. The molecule has 1 aromatic carbocycles. The van der Waals surface area contributed by atoms with E-state index in [-0.39, 0.29) is 0 Å². The molecule has 0 saturated heterocycles. The summed E-state index contributed by atoms with van der Waals surface area (Å²) in [6.07, 6.45) is 20.1. The second-order valence-corrected chi connectivity index (χ2v) is 9.00. The summed E-state index contributed by atoms with van der Waals surface area (Å²) >= 11 is 0. The highest BCUT2D eigenvalue weighted by Gasteiger charge is 2.23. The second-order valence-electron chi connectivity index (χ2n) is 9.00. The summed E-state index contributed by atoms with van der Waals surface area (Å²) in [6.45, 7) is 0. The van der Waals surface area contributed by atoms with Crippen molar-refractivity contribution in [2.24, 2.45) is 17.8 Å². The molecule has 1 aromatic rings. The largest absolute Gasteiger partial charge is 0.193 e. The Morgan fingerprint density at radius 3 is 1.89 bits per heavy atom. The molecule has 148 valence electrons. The van der Waals surface area contributed by atoms with Gasteiger partial charge in [-0.15, -0.1) is 0 Å². The molecule has 28 heavy (non-hydrogen) atoms. The number of nitriles is 2. The van der Waals surface area contributed by atoms with E-state index in [0.29, 0.717) is 11.8 Å². The van der Waals surface area contributed by atoms with Crippen LogP contribution in [0.3, 0.4) is 0 Å². The van der Waals surface area contributed by atoms with Gasteiger partial charge in [-0.2, -0.15) is 10.5 Å². The summed E-state index contributed by atoms with van der Waals surface area (Å²) in [5.41, 5.74) is 2.20. The standard InChI is InChI=1S/C26H34N2/c27-19-3-6-23-9-7-21(8-10-23)4-1-2-5-22-11-15-25(16-12-22)26-17-13-24(20-28)14-18-26/h3,6,13-14,17-18,21-23,25H,1-2,4-5,7-12,15-16H2/b6-3+. The third-order valence-electron chi connectivity index (χ3n) is 7.17. The van der Waals surface area contributed by atoms with Gasteiger partial charge in [0.05, 0.1) is 17.7 Å². The molecule has 2 heteroatoms. The number of nitrogens with zero attached hydrogens (tertiary/aromatic N) is 2. The van der Waals surface area contributed by atoms with Gasteiger partial charge >= 0.3 is 0 Å². The topological polar surface area (TPSA) is 47.6 Å². The average molecular weight is 375 g/mol. The highest BCUT2D eigenvalue weighted by molar-refractivity contribution is 5.33. The van der Waals surface area contributed by atoms with Crippen LogP contribution in [0.4, 0.5) is 0 Å². The molecule has 2 saturated carbocycles. The molecule has 0 heterocycles. The van der Waals surface area contributed by atoms with Gasteiger partial charge in [0.15, 0.2) is 0 Å². The number of allylic oxidation sites excluding steroid dienone is 2. The van der Waals surface area contributed by atoms with Crippen molar-refractivity contribution in [2.45, 2.75) is 83.0 Å². The van der Waals surface area contributed by atoms with Crippen LogP contribution in [0, 0.1) is 40.4 Å². The third-order valence-corrected chi connectivity index (χ3v) is 7.17. The highest BCUT2D eigenvalue weighted by Crippen LogP contribution is 2.38. The molecule has 2 fully saturated rings. The van der Waals surface area contributed by atoms with Crippen LogP contribution in [-0.4, -0.2) is 0 Å². The number of hydrogen-bond donors (Lipinski definition) is 0. The first-order valence-electron chi connectivity index (χ1n) is 11.3. The lowest BCUT2D eigenvalue weighted by molar-refractivity contribution is 0.273. The van der Waals surface area contributed by atoms with E-state index in [1.165, 1.54) is 82.6 Å². The van der Waals surface area contributed by atoms with E-state index in [1.807, 2.05) is 12.1 Å². The van der Waals surface area contributed by atoms with Gasteiger partial charge in [0.2, 0.25) is 0 Å². The van der Waals surface area contributed by atoms with Gasteiger partial charge in [-0.05, 0) is 92.7 Å². The van der Waals surface area contributed by atoms with Crippen LogP contribution in [-0.2, 0) is 0 Å². The predicted octanol–water partition coefficient (Wildman–Crippen LogP) is 7.28. The monoisotopic (exact) mass is 374 g/mol. The molecule has 2 aliphatic rings. The Bertz CT molecular complexity index is 687. The fourth-order valence-corrected chi connectivity index (χ4v) is 5.33. The van der Waals surface area contributed by atoms with Crippen molar-refractivity contribution < 1.29 is 0 Å². The molecular formula is C26H34N2. The molecule has 0 aromatic heterocycles. The van der Waals surface area contributed by atoms with Gasteiger partial charge in [-0.3, -0.25) is 0 Å². The summed E-state index contributed by atoms with van der Waals surface area (Å²) in [6, 6.07) is 12.6. The van der Waals surface area contributed by atoms with Crippen molar-refractivity contribution >= 4 is 0 Å².